The van der Waals surface area contributed by atoms with Gasteiger partial charge in [-0.25, -0.2) is 18.4 Å². The molecule has 106 valence electrons. The molecule has 7 heteroatoms. The van der Waals surface area contributed by atoms with Crippen molar-refractivity contribution in [1.29, 1.82) is 0 Å². The molecule has 0 spiro atoms. The fraction of sp³-hybridized carbons (Fsp3) is 0.667. The molecule has 0 aromatic carbocycles. The molecule has 1 saturated heterocycles. The van der Waals surface area contributed by atoms with E-state index in [9.17, 15) is 8.42 Å². The molecular weight excluding hydrogens is 266 g/mol. The van der Waals surface area contributed by atoms with Gasteiger partial charge in [0.25, 0.3) is 0 Å². The lowest BCUT2D eigenvalue weighted by Gasteiger charge is -2.33. The smallest absolute Gasteiger partial charge is 0.171 e. The van der Waals surface area contributed by atoms with Crippen molar-refractivity contribution in [3.05, 3.63) is 23.8 Å². The zero-order chi connectivity index (χ0) is 13.9. The van der Waals surface area contributed by atoms with E-state index in [0.717, 1.165) is 5.69 Å². The zero-order valence-corrected chi connectivity index (χ0v) is 12.1. The molecule has 19 heavy (non-hydrogen) atoms. The molecule has 0 amide bonds. The van der Waals surface area contributed by atoms with Crippen LogP contribution in [0.15, 0.2) is 12.4 Å². The lowest BCUT2D eigenvalue weighted by atomic mass is 10.3. The van der Waals surface area contributed by atoms with Crippen LogP contribution >= 0.6 is 0 Å². The quantitative estimate of drug-likeness (QED) is 0.804. The van der Waals surface area contributed by atoms with Gasteiger partial charge in [-0.15, -0.1) is 0 Å². The van der Waals surface area contributed by atoms with Gasteiger partial charge in [-0.2, -0.15) is 0 Å². The molecule has 1 aromatic heterocycles. The fourth-order valence-electron chi connectivity index (χ4n) is 2.18. The van der Waals surface area contributed by atoms with Gasteiger partial charge >= 0.3 is 0 Å². The van der Waals surface area contributed by atoms with Gasteiger partial charge in [-0.1, -0.05) is 6.92 Å². The molecule has 0 radical (unpaired) electrons. The first-order valence-corrected chi connectivity index (χ1v) is 8.08. The fourth-order valence-corrected chi connectivity index (χ4v) is 3.66. The van der Waals surface area contributed by atoms with E-state index in [1.54, 1.807) is 13.0 Å². The molecule has 1 aromatic rings. The van der Waals surface area contributed by atoms with Crippen LogP contribution in [0.4, 0.5) is 0 Å². The van der Waals surface area contributed by atoms with Gasteiger partial charge in [0.1, 0.15) is 6.33 Å². The maximum Gasteiger partial charge on any atom is 0.171 e. The maximum atomic E-state index is 12.4. The van der Waals surface area contributed by atoms with Gasteiger partial charge in [0.15, 0.2) is 15.2 Å². The summed E-state index contributed by atoms with van der Waals surface area (Å²) in [5.41, 5.74) is 1.32. The monoisotopic (exact) mass is 285 g/mol. The minimum atomic E-state index is -3.25. The Morgan fingerprint density at radius 3 is 2.63 bits per heavy atom. The molecule has 2 heterocycles. The summed E-state index contributed by atoms with van der Waals surface area (Å²) in [5.74, 6) is 0.0953. The molecule has 0 saturated carbocycles. The number of nitrogens with zero attached hydrogens (tertiary/aromatic N) is 3. The van der Waals surface area contributed by atoms with Crippen LogP contribution in [0.2, 0.25) is 0 Å². The van der Waals surface area contributed by atoms with Gasteiger partial charge in [0.05, 0.1) is 18.9 Å². The highest BCUT2D eigenvalue weighted by Gasteiger charge is 2.33. The number of hydrogen-bond acceptors (Lipinski definition) is 6. The Kier molecular flexibility index (Phi) is 4.49. The van der Waals surface area contributed by atoms with Crippen molar-refractivity contribution in [3.8, 4) is 0 Å². The Morgan fingerprint density at radius 2 is 2.05 bits per heavy atom. The summed E-state index contributed by atoms with van der Waals surface area (Å²) in [6.45, 7) is 5.82. The van der Waals surface area contributed by atoms with Crippen LogP contribution in [0.25, 0.3) is 0 Å². The average molecular weight is 285 g/mol. The van der Waals surface area contributed by atoms with Crippen molar-refractivity contribution in [2.45, 2.75) is 19.2 Å². The minimum absolute atomic E-state index is 0.0953. The van der Waals surface area contributed by atoms with Gasteiger partial charge in [0, 0.05) is 24.5 Å². The lowest BCUT2D eigenvalue weighted by Crippen LogP contribution is -2.43. The van der Waals surface area contributed by atoms with E-state index in [4.69, 9.17) is 4.74 Å². The minimum Gasteiger partial charge on any atom is -0.379 e. The molecule has 1 aliphatic rings. The van der Waals surface area contributed by atoms with Crippen LogP contribution in [0.1, 0.15) is 23.7 Å². The summed E-state index contributed by atoms with van der Waals surface area (Å²) in [6.07, 6.45) is 1.42. The summed E-state index contributed by atoms with van der Waals surface area (Å²) in [5, 5.41) is -0.692. The first kappa shape index (κ1) is 14.4. The Morgan fingerprint density at radius 1 is 1.37 bits per heavy atom. The van der Waals surface area contributed by atoms with Crippen molar-refractivity contribution >= 4 is 9.84 Å². The summed E-state index contributed by atoms with van der Waals surface area (Å²) in [4.78, 5) is 10.1. The van der Waals surface area contributed by atoms with Crippen LogP contribution in [0, 0.1) is 6.92 Å². The molecule has 0 aliphatic carbocycles. The van der Waals surface area contributed by atoms with E-state index in [2.05, 4.69) is 9.97 Å². The van der Waals surface area contributed by atoms with Crippen LogP contribution in [0.5, 0.6) is 0 Å². The van der Waals surface area contributed by atoms with Crippen molar-refractivity contribution < 1.29 is 13.2 Å². The van der Waals surface area contributed by atoms with Crippen molar-refractivity contribution in [2.24, 2.45) is 0 Å². The second kappa shape index (κ2) is 5.94. The van der Waals surface area contributed by atoms with Gasteiger partial charge in [-0.05, 0) is 13.0 Å². The van der Waals surface area contributed by atoms with E-state index < -0.39 is 15.2 Å². The molecule has 1 unspecified atom stereocenters. The average Bonchev–Trinajstić information content (AvgIpc) is 2.40. The molecule has 0 bridgehead atoms. The highest BCUT2D eigenvalue weighted by Crippen LogP contribution is 2.26. The summed E-state index contributed by atoms with van der Waals surface area (Å²) < 4.78 is 30.0. The molecule has 6 nitrogen and oxygen atoms in total. The SMILES string of the molecule is CCS(=O)(=O)C(c1cc(C)ncn1)N1CCOCC1. The highest BCUT2D eigenvalue weighted by molar-refractivity contribution is 7.91. The van der Waals surface area contributed by atoms with Crippen LogP contribution < -0.4 is 0 Å². The Labute approximate surface area is 113 Å². The van der Waals surface area contributed by atoms with Crippen molar-refractivity contribution in [2.75, 3.05) is 32.1 Å². The number of aryl methyl sites for hydroxylation is 1. The van der Waals surface area contributed by atoms with E-state index in [1.165, 1.54) is 6.33 Å². The number of sulfone groups is 1. The highest BCUT2D eigenvalue weighted by atomic mass is 32.2. The largest absolute Gasteiger partial charge is 0.379 e. The predicted molar refractivity (Wildman–Crippen MR) is 71.4 cm³/mol. The second-order valence-corrected chi connectivity index (χ2v) is 6.89. The second-order valence-electron chi connectivity index (χ2n) is 4.54. The molecule has 1 aliphatic heterocycles. The molecule has 1 atom stereocenters. The first-order chi connectivity index (χ1) is 9.04. The number of morpholine rings is 1. The van der Waals surface area contributed by atoms with E-state index >= 15 is 0 Å². The third-order valence-electron chi connectivity index (χ3n) is 3.20. The lowest BCUT2D eigenvalue weighted by molar-refractivity contribution is 0.0302. The van der Waals surface area contributed by atoms with Gasteiger partial charge in [-0.3, -0.25) is 4.90 Å². The summed E-state index contributed by atoms with van der Waals surface area (Å²) in [7, 11) is -3.25. The Hall–Kier alpha value is -1.05. The van der Waals surface area contributed by atoms with Crippen molar-refractivity contribution in [1.82, 2.24) is 14.9 Å². The topological polar surface area (TPSA) is 72.4 Å². The number of ether oxygens (including phenoxy) is 1. The first-order valence-electron chi connectivity index (χ1n) is 6.36. The molecule has 2 rings (SSSR count). The van der Waals surface area contributed by atoms with E-state index in [0.29, 0.717) is 32.0 Å². The molecule has 0 N–H and O–H groups in total. The zero-order valence-electron chi connectivity index (χ0n) is 11.2. The normalized spacial score (nSPS) is 19.3. The summed E-state index contributed by atoms with van der Waals surface area (Å²) >= 11 is 0. The van der Waals surface area contributed by atoms with Gasteiger partial charge in [0.2, 0.25) is 0 Å². The Bertz CT molecular complexity index is 527. The number of hydrogen-bond donors (Lipinski definition) is 0. The van der Waals surface area contributed by atoms with Crippen LogP contribution in [-0.4, -0.2) is 55.3 Å². The van der Waals surface area contributed by atoms with E-state index in [-0.39, 0.29) is 5.75 Å². The predicted octanol–water partition coefficient (Wildman–Crippen LogP) is 0.551. The Balaban J connectivity index is 2.39. The third kappa shape index (κ3) is 3.29. The van der Waals surface area contributed by atoms with E-state index in [1.807, 2.05) is 11.8 Å². The van der Waals surface area contributed by atoms with Crippen LogP contribution in [-0.2, 0) is 14.6 Å². The van der Waals surface area contributed by atoms with Crippen LogP contribution in [0.3, 0.4) is 0 Å². The molecular formula is C12H19N3O3S. The molecule has 1 fully saturated rings. The number of aromatic nitrogens is 2. The van der Waals surface area contributed by atoms with Crippen molar-refractivity contribution in [3.63, 3.8) is 0 Å². The standard InChI is InChI=1S/C12H19N3O3S/c1-3-19(16,17)12(15-4-6-18-7-5-15)11-8-10(2)13-9-14-11/h8-9,12H,3-7H2,1-2H3. The summed E-state index contributed by atoms with van der Waals surface area (Å²) in [6, 6.07) is 1.74. The van der Waals surface area contributed by atoms with Gasteiger partial charge < -0.3 is 4.74 Å². The third-order valence-corrected chi connectivity index (χ3v) is 5.22. The number of rotatable bonds is 4. The maximum absolute atomic E-state index is 12.4.